The van der Waals surface area contributed by atoms with Gasteiger partial charge in [-0.3, -0.25) is 0 Å². The lowest BCUT2D eigenvalue weighted by atomic mass is 10.2. The summed E-state index contributed by atoms with van der Waals surface area (Å²) in [4.78, 5) is 4.39. The van der Waals surface area contributed by atoms with Gasteiger partial charge in [-0.15, -0.1) is 0 Å². The van der Waals surface area contributed by atoms with E-state index < -0.39 is 0 Å². The van der Waals surface area contributed by atoms with Crippen LogP contribution in [0.2, 0.25) is 0 Å². The third-order valence-electron chi connectivity index (χ3n) is 2.71. The Kier molecular flexibility index (Phi) is 4.18. The van der Waals surface area contributed by atoms with E-state index in [0.717, 1.165) is 15.8 Å². The maximum atomic E-state index is 5.26. The molecule has 0 unspecified atom stereocenters. The second kappa shape index (κ2) is 6.24. The van der Waals surface area contributed by atoms with E-state index in [9.17, 15) is 0 Å². The second-order valence-electron chi connectivity index (χ2n) is 4.17. The number of aromatic nitrogens is 2. The van der Waals surface area contributed by atoms with Crippen molar-refractivity contribution in [2.45, 2.75) is 11.0 Å². The van der Waals surface area contributed by atoms with Crippen molar-refractivity contribution in [2.24, 2.45) is 0 Å². The maximum absolute atomic E-state index is 5.26. The van der Waals surface area contributed by atoms with Crippen molar-refractivity contribution in [1.29, 1.82) is 0 Å². The topological polar surface area (TPSA) is 38.9 Å². The molecule has 0 bridgehead atoms. The molecule has 100 valence electrons. The van der Waals surface area contributed by atoms with Gasteiger partial charge in [0.15, 0.2) is 0 Å². The predicted molar refractivity (Wildman–Crippen MR) is 83.4 cm³/mol. The molecule has 0 fully saturated rings. The average molecular weight is 347 g/mol. The molecule has 0 atom stereocenters. The summed E-state index contributed by atoms with van der Waals surface area (Å²) in [7, 11) is 0. The molecule has 0 radical (unpaired) electrons. The minimum absolute atomic E-state index is 0.590. The van der Waals surface area contributed by atoms with Crippen molar-refractivity contribution in [1.82, 2.24) is 10.1 Å². The molecule has 3 rings (SSSR count). The van der Waals surface area contributed by atoms with E-state index in [0.29, 0.717) is 11.0 Å². The molecule has 3 aromatic rings. The first-order valence-corrected chi connectivity index (χ1v) is 7.85. The number of hydrogen-bond acceptors (Lipinski definition) is 4. The number of thioether (sulfide) groups is 1. The van der Waals surface area contributed by atoms with E-state index in [-0.39, 0.29) is 0 Å². The highest BCUT2D eigenvalue weighted by atomic mass is 79.9. The standard InChI is InChI=1S/C15H11BrN2OS/c16-13-8-6-11(7-9-13)10-20-15-17-14(18-19-15)12-4-2-1-3-5-12/h1-9H,10H2. The molecule has 2 aromatic carbocycles. The lowest BCUT2D eigenvalue weighted by Crippen LogP contribution is -1.81. The lowest BCUT2D eigenvalue weighted by Gasteiger charge is -1.97. The van der Waals surface area contributed by atoms with Crippen LogP contribution in [0.3, 0.4) is 0 Å². The van der Waals surface area contributed by atoms with Crippen LogP contribution in [0.1, 0.15) is 5.56 Å². The molecule has 1 aromatic heterocycles. The number of benzene rings is 2. The van der Waals surface area contributed by atoms with Gasteiger partial charge in [-0.25, -0.2) is 0 Å². The Morgan fingerprint density at radius 2 is 1.75 bits per heavy atom. The summed E-state index contributed by atoms with van der Waals surface area (Å²) in [5.41, 5.74) is 2.18. The van der Waals surface area contributed by atoms with Crippen LogP contribution in [-0.4, -0.2) is 10.1 Å². The number of nitrogens with zero attached hydrogens (tertiary/aromatic N) is 2. The Morgan fingerprint density at radius 1 is 1.00 bits per heavy atom. The summed E-state index contributed by atoms with van der Waals surface area (Å²) in [5.74, 6) is 1.44. The Morgan fingerprint density at radius 3 is 2.50 bits per heavy atom. The second-order valence-corrected chi connectivity index (χ2v) is 6.01. The third kappa shape index (κ3) is 3.29. The van der Waals surface area contributed by atoms with Crippen molar-refractivity contribution in [2.75, 3.05) is 0 Å². The van der Waals surface area contributed by atoms with Crippen molar-refractivity contribution < 1.29 is 4.52 Å². The lowest BCUT2D eigenvalue weighted by molar-refractivity contribution is 0.341. The summed E-state index contributed by atoms with van der Waals surface area (Å²) in [6.07, 6.45) is 0. The van der Waals surface area contributed by atoms with Gasteiger partial charge in [-0.1, -0.05) is 75.3 Å². The van der Waals surface area contributed by atoms with Gasteiger partial charge in [-0.2, -0.15) is 4.98 Å². The van der Waals surface area contributed by atoms with Gasteiger partial charge in [-0.05, 0) is 17.7 Å². The van der Waals surface area contributed by atoms with Crippen molar-refractivity contribution in [3.8, 4) is 11.4 Å². The molecule has 0 aliphatic rings. The van der Waals surface area contributed by atoms with Crippen LogP contribution in [0, 0.1) is 0 Å². The minimum Gasteiger partial charge on any atom is -0.327 e. The van der Waals surface area contributed by atoms with Gasteiger partial charge in [0.05, 0.1) is 0 Å². The highest BCUT2D eigenvalue weighted by Gasteiger charge is 2.08. The molecule has 0 spiro atoms. The molecule has 0 saturated carbocycles. The maximum Gasteiger partial charge on any atom is 0.286 e. The number of halogens is 1. The fourth-order valence-electron chi connectivity index (χ4n) is 1.70. The van der Waals surface area contributed by atoms with E-state index in [1.807, 2.05) is 42.5 Å². The molecule has 5 heteroatoms. The zero-order valence-corrected chi connectivity index (χ0v) is 12.9. The summed E-state index contributed by atoms with van der Waals surface area (Å²) < 4.78 is 6.34. The zero-order valence-electron chi connectivity index (χ0n) is 10.5. The fourth-order valence-corrected chi connectivity index (χ4v) is 2.69. The molecular weight excluding hydrogens is 336 g/mol. The number of rotatable bonds is 4. The van der Waals surface area contributed by atoms with E-state index >= 15 is 0 Å². The molecule has 0 N–H and O–H groups in total. The van der Waals surface area contributed by atoms with Crippen LogP contribution in [0.5, 0.6) is 0 Å². The fraction of sp³-hybridized carbons (Fsp3) is 0.0667. The monoisotopic (exact) mass is 346 g/mol. The van der Waals surface area contributed by atoms with E-state index in [4.69, 9.17) is 4.52 Å². The van der Waals surface area contributed by atoms with Gasteiger partial charge in [0.2, 0.25) is 5.82 Å². The van der Waals surface area contributed by atoms with Crippen LogP contribution in [0.4, 0.5) is 0 Å². The first kappa shape index (κ1) is 13.4. The van der Waals surface area contributed by atoms with Crippen LogP contribution in [-0.2, 0) is 5.75 Å². The zero-order chi connectivity index (χ0) is 13.8. The van der Waals surface area contributed by atoms with Crippen molar-refractivity contribution >= 4 is 27.7 Å². The van der Waals surface area contributed by atoms with Crippen molar-refractivity contribution in [3.05, 3.63) is 64.6 Å². The van der Waals surface area contributed by atoms with Crippen molar-refractivity contribution in [3.63, 3.8) is 0 Å². The highest BCUT2D eigenvalue weighted by Crippen LogP contribution is 2.24. The summed E-state index contributed by atoms with van der Waals surface area (Å²) in [6.45, 7) is 0. The Bertz CT molecular complexity index is 683. The first-order valence-electron chi connectivity index (χ1n) is 6.07. The van der Waals surface area contributed by atoms with Crippen LogP contribution < -0.4 is 0 Å². The van der Waals surface area contributed by atoms with Crippen LogP contribution in [0.25, 0.3) is 11.4 Å². The van der Waals surface area contributed by atoms with E-state index in [1.165, 1.54) is 17.3 Å². The predicted octanol–water partition coefficient (Wildman–Crippen LogP) is 4.79. The van der Waals surface area contributed by atoms with E-state index in [1.54, 1.807) is 0 Å². The Hall–Kier alpha value is -1.59. The van der Waals surface area contributed by atoms with E-state index in [2.05, 4.69) is 38.2 Å². The van der Waals surface area contributed by atoms with Gasteiger partial charge in [0.25, 0.3) is 5.22 Å². The molecule has 0 saturated heterocycles. The van der Waals surface area contributed by atoms with Gasteiger partial charge in [0.1, 0.15) is 0 Å². The van der Waals surface area contributed by atoms with Gasteiger partial charge >= 0.3 is 0 Å². The largest absolute Gasteiger partial charge is 0.327 e. The molecule has 0 amide bonds. The minimum atomic E-state index is 0.590. The van der Waals surface area contributed by atoms with Gasteiger partial charge < -0.3 is 4.52 Å². The third-order valence-corrected chi connectivity index (χ3v) is 4.13. The van der Waals surface area contributed by atoms with Gasteiger partial charge in [0, 0.05) is 15.8 Å². The molecule has 20 heavy (non-hydrogen) atoms. The highest BCUT2D eigenvalue weighted by molar-refractivity contribution is 9.10. The smallest absolute Gasteiger partial charge is 0.286 e. The molecule has 1 heterocycles. The Balaban J connectivity index is 1.67. The van der Waals surface area contributed by atoms with Crippen LogP contribution in [0.15, 0.2) is 68.8 Å². The molecular formula is C15H11BrN2OS. The SMILES string of the molecule is Brc1ccc(CSc2nc(-c3ccccc3)no2)cc1. The molecule has 3 nitrogen and oxygen atoms in total. The van der Waals surface area contributed by atoms with Crippen LogP contribution >= 0.6 is 27.7 Å². The summed E-state index contributed by atoms with van der Waals surface area (Å²) >= 11 is 4.96. The average Bonchev–Trinajstić information content (AvgIpc) is 2.97. The summed E-state index contributed by atoms with van der Waals surface area (Å²) in [6, 6.07) is 18.0. The quantitative estimate of drug-likeness (QED) is 0.636. The molecule has 0 aliphatic heterocycles. The first-order chi connectivity index (χ1) is 9.81. The number of hydrogen-bond donors (Lipinski definition) is 0. The molecule has 0 aliphatic carbocycles. The Labute approximate surface area is 129 Å². The summed E-state index contributed by atoms with van der Waals surface area (Å²) in [5, 5.41) is 4.59. The normalized spacial score (nSPS) is 10.7.